The summed E-state index contributed by atoms with van der Waals surface area (Å²) in [4.78, 5) is 25.3. The minimum Gasteiger partial charge on any atom is -0.456 e. The zero-order valence-corrected chi connectivity index (χ0v) is 11.7. The summed E-state index contributed by atoms with van der Waals surface area (Å²) in [7, 11) is 0. The third-order valence-corrected chi connectivity index (χ3v) is 3.56. The van der Waals surface area contributed by atoms with Crippen molar-refractivity contribution in [2.75, 3.05) is 19.6 Å². The van der Waals surface area contributed by atoms with E-state index in [0.29, 0.717) is 0 Å². The van der Waals surface area contributed by atoms with Crippen molar-refractivity contribution in [3.05, 3.63) is 23.7 Å². The molecule has 1 aromatic rings. The molecule has 2 amide bonds. The average Bonchev–Trinajstić information content (AvgIpc) is 2.94. The fraction of sp³-hybridized carbons (Fsp3) is 0.571. The molecule has 0 atom stereocenters. The Kier molecular flexibility index (Phi) is 4.79. The van der Waals surface area contributed by atoms with Crippen molar-refractivity contribution < 1.29 is 14.0 Å². The van der Waals surface area contributed by atoms with Gasteiger partial charge in [-0.05, 0) is 38.1 Å². The van der Waals surface area contributed by atoms with Gasteiger partial charge in [0.15, 0.2) is 5.76 Å². The van der Waals surface area contributed by atoms with Gasteiger partial charge in [0.05, 0.1) is 0 Å². The molecule has 0 aliphatic carbocycles. The smallest absolute Gasteiger partial charge is 0.290 e. The van der Waals surface area contributed by atoms with Gasteiger partial charge in [0, 0.05) is 12.5 Å². The molecule has 2 rings (SSSR count). The highest BCUT2D eigenvalue weighted by atomic mass is 16.4. The lowest BCUT2D eigenvalue weighted by atomic mass is 10.0. The Morgan fingerprint density at radius 3 is 2.65 bits per heavy atom. The number of nitrogens with one attached hydrogen (secondary N) is 1. The highest BCUT2D eigenvalue weighted by Crippen LogP contribution is 2.17. The van der Waals surface area contributed by atoms with Crippen LogP contribution in [-0.2, 0) is 11.2 Å². The number of primary amides is 1. The molecule has 0 bridgehead atoms. The number of nitrogens with zero attached hydrogens (tertiary/aromatic N) is 1. The summed E-state index contributed by atoms with van der Waals surface area (Å²) >= 11 is 0. The van der Waals surface area contributed by atoms with Gasteiger partial charge in [0.2, 0.25) is 5.91 Å². The Morgan fingerprint density at radius 1 is 1.40 bits per heavy atom. The van der Waals surface area contributed by atoms with E-state index >= 15 is 0 Å². The third kappa shape index (κ3) is 3.39. The van der Waals surface area contributed by atoms with Crippen LogP contribution in [0.3, 0.4) is 0 Å². The molecule has 1 aromatic heterocycles. The van der Waals surface area contributed by atoms with Gasteiger partial charge in [-0.3, -0.25) is 9.59 Å². The van der Waals surface area contributed by atoms with Gasteiger partial charge in [-0.15, -0.1) is 0 Å². The first kappa shape index (κ1) is 14.6. The Morgan fingerprint density at radius 2 is 2.10 bits per heavy atom. The molecule has 110 valence electrons. The summed E-state index contributed by atoms with van der Waals surface area (Å²) in [5, 5.41) is 3.24. The molecule has 0 saturated carbocycles. The van der Waals surface area contributed by atoms with Crippen molar-refractivity contribution in [3.63, 3.8) is 0 Å². The van der Waals surface area contributed by atoms with Gasteiger partial charge in [0.25, 0.3) is 5.91 Å². The number of nitrogens with two attached hydrogens (primary N) is 1. The van der Waals surface area contributed by atoms with E-state index in [-0.39, 0.29) is 24.3 Å². The number of hydrogen-bond donors (Lipinski definition) is 2. The number of amides is 2. The van der Waals surface area contributed by atoms with E-state index in [4.69, 9.17) is 10.2 Å². The summed E-state index contributed by atoms with van der Waals surface area (Å²) in [5.41, 5.74) is 5.27. The van der Waals surface area contributed by atoms with Crippen LogP contribution in [0.25, 0.3) is 0 Å². The fourth-order valence-corrected chi connectivity index (χ4v) is 2.48. The predicted octanol–water partition coefficient (Wildman–Crippen LogP) is 0.522. The molecule has 1 saturated heterocycles. The largest absolute Gasteiger partial charge is 0.456 e. The zero-order valence-electron chi connectivity index (χ0n) is 11.7. The number of hydrogen-bond acceptors (Lipinski definition) is 4. The lowest BCUT2D eigenvalue weighted by Crippen LogP contribution is -2.49. The van der Waals surface area contributed by atoms with E-state index in [1.807, 2.05) is 6.92 Å². The van der Waals surface area contributed by atoms with Crippen molar-refractivity contribution in [2.24, 2.45) is 5.73 Å². The topological polar surface area (TPSA) is 88.6 Å². The maximum Gasteiger partial charge on any atom is 0.290 e. The quantitative estimate of drug-likeness (QED) is 0.822. The first-order valence-corrected chi connectivity index (χ1v) is 7.00. The zero-order chi connectivity index (χ0) is 14.5. The average molecular weight is 279 g/mol. The molecule has 3 N–H and O–H groups in total. The minimum atomic E-state index is -0.501. The van der Waals surface area contributed by atoms with Gasteiger partial charge in [-0.25, -0.2) is 0 Å². The number of furan rings is 1. The van der Waals surface area contributed by atoms with Crippen LogP contribution in [0.2, 0.25) is 0 Å². The second kappa shape index (κ2) is 6.56. The molecule has 20 heavy (non-hydrogen) atoms. The highest BCUT2D eigenvalue weighted by molar-refractivity contribution is 5.94. The van der Waals surface area contributed by atoms with E-state index in [1.165, 1.54) is 0 Å². The van der Waals surface area contributed by atoms with Gasteiger partial charge >= 0.3 is 0 Å². The molecular weight excluding hydrogens is 258 g/mol. The van der Waals surface area contributed by atoms with Crippen LogP contribution in [-0.4, -0.2) is 42.4 Å². The second-order valence-electron chi connectivity index (χ2n) is 5.00. The first-order chi connectivity index (χ1) is 9.61. The molecular formula is C14H21N3O3. The van der Waals surface area contributed by atoms with Gasteiger partial charge < -0.3 is 20.4 Å². The molecule has 1 fully saturated rings. The van der Waals surface area contributed by atoms with E-state index in [0.717, 1.165) is 38.1 Å². The maximum absolute atomic E-state index is 12.5. The normalized spacial score (nSPS) is 16.1. The Balaban J connectivity index is 2.16. The number of rotatable bonds is 5. The molecule has 0 spiro atoms. The van der Waals surface area contributed by atoms with Gasteiger partial charge in [0.1, 0.15) is 12.3 Å². The molecule has 6 nitrogen and oxygen atoms in total. The van der Waals surface area contributed by atoms with Crippen LogP contribution in [0.4, 0.5) is 0 Å². The molecule has 2 heterocycles. The second-order valence-corrected chi connectivity index (χ2v) is 5.00. The first-order valence-electron chi connectivity index (χ1n) is 7.00. The molecule has 0 unspecified atom stereocenters. The van der Waals surface area contributed by atoms with Crippen LogP contribution in [0.5, 0.6) is 0 Å². The number of aryl methyl sites for hydroxylation is 1. The van der Waals surface area contributed by atoms with Crippen molar-refractivity contribution in [1.29, 1.82) is 0 Å². The summed E-state index contributed by atoms with van der Waals surface area (Å²) in [6.45, 7) is 3.57. The standard InChI is InChI=1S/C14H21N3O3/c1-2-11-3-4-12(20-11)14(19)17(9-13(15)18)10-5-7-16-8-6-10/h3-4,10,16H,2,5-9H2,1H3,(H2,15,18). The summed E-state index contributed by atoms with van der Waals surface area (Å²) < 4.78 is 5.49. The number of piperidine rings is 1. The molecule has 0 radical (unpaired) electrons. The monoisotopic (exact) mass is 279 g/mol. The van der Waals surface area contributed by atoms with Crippen LogP contribution in [0.1, 0.15) is 36.1 Å². The fourth-order valence-electron chi connectivity index (χ4n) is 2.48. The van der Waals surface area contributed by atoms with Crippen LogP contribution in [0, 0.1) is 0 Å². The van der Waals surface area contributed by atoms with Gasteiger partial charge in [-0.2, -0.15) is 0 Å². The Labute approximate surface area is 118 Å². The number of carbonyl (C=O) groups excluding carboxylic acids is 2. The minimum absolute atomic E-state index is 0.0337. The highest BCUT2D eigenvalue weighted by Gasteiger charge is 2.29. The van der Waals surface area contributed by atoms with Crippen LogP contribution < -0.4 is 11.1 Å². The molecule has 0 aromatic carbocycles. The van der Waals surface area contributed by atoms with E-state index in [9.17, 15) is 9.59 Å². The summed E-state index contributed by atoms with van der Waals surface area (Å²) in [5.74, 6) is 0.286. The third-order valence-electron chi connectivity index (χ3n) is 3.56. The summed E-state index contributed by atoms with van der Waals surface area (Å²) in [6.07, 6.45) is 2.37. The Bertz CT molecular complexity index is 478. The van der Waals surface area contributed by atoms with E-state index in [1.54, 1.807) is 17.0 Å². The van der Waals surface area contributed by atoms with Crippen molar-refractivity contribution in [3.8, 4) is 0 Å². The van der Waals surface area contributed by atoms with E-state index < -0.39 is 5.91 Å². The predicted molar refractivity (Wildman–Crippen MR) is 74.2 cm³/mol. The summed E-state index contributed by atoms with van der Waals surface area (Å²) in [6, 6.07) is 3.49. The van der Waals surface area contributed by atoms with E-state index in [2.05, 4.69) is 5.32 Å². The molecule has 1 aliphatic rings. The lowest BCUT2D eigenvalue weighted by molar-refractivity contribution is -0.119. The van der Waals surface area contributed by atoms with Crippen LogP contribution in [0.15, 0.2) is 16.5 Å². The maximum atomic E-state index is 12.5. The van der Waals surface area contributed by atoms with Crippen molar-refractivity contribution >= 4 is 11.8 Å². The Hall–Kier alpha value is -1.82. The molecule has 1 aliphatic heterocycles. The van der Waals surface area contributed by atoms with Crippen molar-refractivity contribution in [2.45, 2.75) is 32.2 Å². The van der Waals surface area contributed by atoms with Crippen LogP contribution >= 0.6 is 0 Å². The van der Waals surface area contributed by atoms with Gasteiger partial charge in [-0.1, -0.05) is 6.92 Å². The SMILES string of the molecule is CCc1ccc(C(=O)N(CC(N)=O)C2CCNCC2)o1. The molecule has 6 heteroatoms. The van der Waals surface area contributed by atoms with Crippen molar-refractivity contribution in [1.82, 2.24) is 10.2 Å². The lowest BCUT2D eigenvalue weighted by Gasteiger charge is -2.33. The number of carbonyl (C=O) groups is 2.